The number of aryl methyl sites for hydroxylation is 2. The van der Waals surface area contributed by atoms with Gasteiger partial charge in [0.1, 0.15) is 11.4 Å². The molecule has 1 amide bonds. The number of hydrogen-bond acceptors (Lipinski definition) is 3. The normalized spacial score (nSPS) is 10.7. The maximum Gasteiger partial charge on any atom is 0.262 e. The fourth-order valence-corrected chi connectivity index (χ4v) is 2.39. The molecule has 3 rings (SSSR count). The van der Waals surface area contributed by atoms with E-state index >= 15 is 0 Å². The Labute approximate surface area is 134 Å². The highest BCUT2D eigenvalue weighted by molar-refractivity contribution is 5.91. The van der Waals surface area contributed by atoms with Crippen LogP contribution in [0.4, 0.5) is 5.69 Å². The summed E-state index contributed by atoms with van der Waals surface area (Å²) in [4.78, 5) is 16.4. The summed E-state index contributed by atoms with van der Waals surface area (Å²) in [5.74, 6) is 0.517. The summed E-state index contributed by atoms with van der Waals surface area (Å²) < 4.78 is 7.43. The van der Waals surface area contributed by atoms with Crippen LogP contribution in [0.3, 0.4) is 0 Å². The van der Waals surface area contributed by atoms with Crippen molar-refractivity contribution in [3.63, 3.8) is 0 Å². The van der Waals surface area contributed by atoms with E-state index in [2.05, 4.69) is 17.2 Å². The molecule has 0 aliphatic heterocycles. The summed E-state index contributed by atoms with van der Waals surface area (Å²) in [6.07, 6.45) is 4.69. The van der Waals surface area contributed by atoms with Crippen molar-refractivity contribution < 1.29 is 9.53 Å². The van der Waals surface area contributed by atoms with Crippen molar-refractivity contribution in [1.82, 2.24) is 9.38 Å². The fourth-order valence-electron chi connectivity index (χ4n) is 2.39. The third-order valence-corrected chi connectivity index (χ3v) is 3.53. The van der Waals surface area contributed by atoms with E-state index in [1.807, 2.05) is 60.1 Å². The zero-order valence-corrected chi connectivity index (χ0v) is 13.2. The van der Waals surface area contributed by atoms with Crippen molar-refractivity contribution in [1.29, 1.82) is 0 Å². The third kappa shape index (κ3) is 3.69. The molecule has 5 nitrogen and oxygen atoms in total. The molecule has 1 aromatic carbocycles. The SMILES string of the molecule is CCc1cccc(OCC(=O)Nc2ccc3nc(C)cn3c2)c1. The average molecular weight is 309 g/mol. The molecule has 5 heteroatoms. The van der Waals surface area contributed by atoms with E-state index in [1.54, 1.807) is 0 Å². The molecule has 0 fully saturated rings. The minimum atomic E-state index is -0.192. The molecular weight excluding hydrogens is 290 g/mol. The number of carbonyl (C=O) groups excluding carboxylic acids is 1. The smallest absolute Gasteiger partial charge is 0.262 e. The van der Waals surface area contributed by atoms with E-state index in [-0.39, 0.29) is 12.5 Å². The molecule has 2 aromatic heterocycles. The highest BCUT2D eigenvalue weighted by Gasteiger charge is 2.06. The zero-order chi connectivity index (χ0) is 16.2. The molecule has 23 heavy (non-hydrogen) atoms. The number of amides is 1. The number of nitrogens with zero attached hydrogens (tertiary/aromatic N) is 2. The predicted octanol–water partition coefficient (Wildman–Crippen LogP) is 3.22. The van der Waals surface area contributed by atoms with Gasteiger partial charge in [-0.3, -0.25) is 4.79 Å². The first-order valence-corrected chi connectivity index (χ1v) is 7.61. The lowest BCUT2D eigenvalue weighted by Gasteiger charge is -2.08. The molecule has 0 aliphatic rings. The Kier molecular flexibility index (Phi) is 4.28. The van der Waals surface area contributed by atoms with Gasteiger partial charge in [-0.2, -0.15) is 0 Å². The molecule has 3 aromatic rings. The molecule has 1 N–H and O–H groups in total. The lowest BCUT2D eigenvalue weighted by Crippen LogP contribution is -2.20. The van der Waals surface area contributed by atoms with Crippen LogP contribution in [0.15, 0.2) is 48.8 Å². The standard InChI is InChI=1S/C18H19N3O2/c1-3-14-5-4-6-16(9-14)23-12-18(22)20-15-7-8-17-19-13(2)10-21(17)11-15/h4-11H,3,12H2,1-2H3,(H,20,22). The molecule has 0 saturated carbocycles. The molecule has 0 saturated heterocycles. The first-order chi connectivity index (χ1) is 11.1. The highest BCUT2D eigenvalue weighted by atomic mass is 16.5. The Morgan fingerprint density at radius 2 is 2.13 bits per heavy atom. The Balaban J connectivity index is 1.61. The maximum absolute atomic E-state index is 12.0. The van der Waals surface area contributed by atoms with Crippen LogP contribution >= 0.6 is 0 Å². The molecule has 0 radical (unpaired) electrons. The lowest BCUT2D eigenvalue weighted by molar-refractivity contribution is -0.118. The molecule has 0 aliphatic carbocycles. The van der Waals surface area contributed by atoms with Gasteiger partial charge >= 0.3 is 0 Å². The molecule has 0 atom stereocenters. The summed E-state index contributed by atoms with van der Waals surface area (Å²) in [5, 5.41) is 2.83. The lowest BCUT2D eigenvalue weighted by atomic mass is 10.2. The minimum Gasteiger partial charge on any atom is -0.484 e. The van der Waals surface area contributed by atoms with Gasteiger partial charge < -0.3 is 14.5 Å². The second-order valence-electron chi connectivity index (χ2n) is 5.40. The van der Waals surface area contributed by atoms with Gasteiger partial charge in [0.15, 0.2) is 6.61 Å². The van der Waals surface area contributed by atoms with E-state index in [0.717, 1.165) is 17.8 Å². The Morgan fingerprint density at radius 3 is 2.96 bits per heavy atom. The van der Waals surface area contributed by atoms with Crippen molar-refractivity contribution in [2.75, 3.05) is 11.9 Å². The number of benzene rings is 1. The topological polar surface area (TPSA) is 55.6 Å². The summed E-state index contributed by atoms with van der Waals surface area (Å²) >= 11 is 0. The summed E-state index contributed by atoms with van der Waals surface area (Å²) in [6.45, 7) is 4.00. The van der Waals surface area contributed by atoms with Crippen LogP contribution in [-0.2, 0) is 11.2 Å². The monoisotopic (exact) mass is 309 g/mol. The third-order valence-electron chi connectivity index (χ3n) is 3.53. The van der Waals surface area contributed by atoms with Crippen LogP contribution < -0.4 is 10.1 Å². The number of nitrogens with one attached hydrogen (secondary N) is 1. The maximum atomic E-state index is 12.0. The van der Waals surface area contributed by atoms with Gasteiger partial charge in [-0.1, -0.05) is 19.1 Å². The van der Waals surface area contributed by atoms with Gasteiger partial charge in [-0.25, -0.2) is 4.98 Å². The number of anilines is 1. The quantitative estimate of drug-likeness (QED) is 0.787. The number of pyridine rings is 1. The second-order valence-corrected chi connectivity index (χ2v) is 5.40. The predicted molar refractivity (Wildman–Crippen MR) is 89.9 cm³/mol. The van der Waals surface area contributed by atoms with Gasteiger partial charge in [0, 0.05) is 12.4 Å². The van der Waals surface area contributed by atoms with Crippen LogP contribution in [0.2, 0.25) is 0 Å². The first kappa shape index (κ1) is 15.1. The molecule has 0 spiro atoms. The number of imidazole rings is 1. The summed E-state index contributed by atoms with van der Waals surface area (Å²) in [5.41, 5.74) is 3.69. The van der Waals surface area contributed by atoms with E-state index in [1.165, 1.54) is 5.56 Å². The van der Waals surface area contributed by atoms with Crippen molar-refractivity contribution in [3.05, 3.63) is 60.0 Å². The van der Waals surface area contributed by atoms with Gasteiger partial charge in [0.25, 0.3) is 5.91 Å². The molecular formula is C18H19N3O2. The number of aromatic nitrogens is 2. The number of ether oxygens (including phenoxy) is 1. The Morgan fingerprint density at radius 1 is 1.26 bits per heavy atom. The molecule has 2 heterocycles. The van der Waals surface area contributed by atoms with E-state index in [4.69, 9.17) is 4.74 Å². The molecule has 0 bridgehead atoms. The van der Waals surface area contributed by atoms with Crippen LogP contribution in [-0.4, -0.2) is 21.9 Å². The number of fused-ring (bicyclic) bond motifs is 1. The van der Waals surface area contributed by atoms with Gasteiger partial charge in [0.2, 0.25) is 0 Å². The van der Waals surface area contributed by atoms with Crippen molar-refractivity contribution in [3.8, 4) is 5.75 Å². The van der Waals surface area contributed by atoms with E-state index in [9.17, 15) is 4.79 Å². The number of carbonyl (C=O) groups is 1. The number of hydrogen-bond donors (Lipinski definition) is 1. The van der Waals surface area contributed by atoms with E-state index < -0.39 is 0 Å². The Hall–Kier alpha value is -2.82. The largest absolute Gasteiger partial charge is 0.484 e. The van der Waals surface area contributed by atoms with Crippen molar-refractivity contribution >= 4 is 17.2 Å². The van der Waals surface area contributed by atoms with Crippen LogP contribution in [0.5, 0.6) is 5.75 Å². The van der Waals surface area contributed by atoms with Crippen molar-refractivity contribution in [2.24, 2.45) is 0 Å². The Bertz CT molecular complexity index is 839. The second kappa shape index (κ2) is 6.52. The molecule has 0 unspecified atom stereocenters. The zero-order valence-electron chi connectivity index (χ0n) is 13.2. The summed E-state index contributed by atoms with van der Waals surface area (Å²) in [7, 11) is 0. The van der Waals surface area contributed by atoms with Crippen LogP contribution in [0, 0.1) is 6.92 Å². The highest BCUT2D eigenvalue weighted by Crippen LogP contribution is 2.14. The summed E-state index contributed by atoms with van der Waals surface area (Å²) in [6, 6.07) is 11.5. The van der Waals surface area contributed by atoms with Crippen molar-refractivity contribution in [2.45, 2.75) is 20.3 Å². The van der Waals surface area contributed by atoms with Gasteiger partial charge in [-0.05, 0) is 43.2 Å². The van der Waals surface area contributed by atoms with Crippen LogP contribution in [0.1, 0.15) is 18.2 Å². The van der Waals surface area contributed by atoms with Crippen LogP contribution in [0.25, 0.3) is 5.65 Å². The van der Waals surface area contributed by atoms with E-state index in [0.29, 0.717) is 11.4 Å². The number of rotatable bonds is 5. The first-order valence-electron chi connectivity index (χ1n) is 7.61. The van der Waals surface area contributed by atoms with Gasteiger partial charge in [-0.15, -0.1) is 0 Å². The average Bonchev–Trinajstić information content (AvgIpc) is 2.92. The fraction of sp³-hybridized carbons (Fsp3) is 0.222. The minimum absolute atomic E-state index is 0.0197. The molecule has 118 valence electrons. The van der Waals surface area contributed by atoms with Gasteiger partial charge in [0.05, 0.1) is 11.4 Å².